The first-order chi connectivity index (χ1) is 13.3. The lowest BCUT2D eigenvalue weighted by molar-refractivity contribution is 0.0695. The third-order valence-electron chi connectivity index (χ3n) is 4.41. The van der Waals surface area contributed by atoms with Crippen molar-refractivity contribution in [1.82, 2.24) is 4.98 Å². The first kappa shape index (κ1) is 20.0. The summed E-state index contributed by atoms with van der Waals surface area (Å²) in [6, 6.07) is 15.1. The van der Waals surface area contributed by atoms with Crippen LogP contribution in [0, 0.1) is 11.7 Å². The van der Waals surface area contributed by atoms with Crippen LogP contribution in [0.1, 0.15) is 41.2 Å². The second-order valence-electron chi connectivity index (χ2n) is 7.20. The Labute approximate surface area is 168 Å². The fraction of sp³-hybridized carbons (Fsp3) is 0.217. The van der Waals surface area contributed by atoms with Crippen LogP contribution in [0.5, 0.6) is 0 Å². The number of nitrogens with zero attached hydrogens (tertiary/aromatic N) is 1. The second kappa shape index (κ2) is 8.53. The number of hydrogen-bond donors (Lipinski definition) is 1. The highest BCUT2D eigenvalue weighted by atomic mass is 35.5. The summed E-state index contributed by atoms with van der Waals surface area (Å²) in [6.45, 7) is 4.17. The Bertz CT molecular complexity index is 1020. The molecule has 144 valence electrons. The summed E-state index contributed by atoms with van der Waals surface area (Å²) in [6.07, 6.45) is 0.943. The quantitative estimate of drug-likeness (QED) is 0.552. The highest BCUT2D eigenvalue weighted by molar-refractivity contribution is 6.30. The van der Waals surface area contributed by atoms with Gasteiger partial charge < -0.3 is 5.11 Å². The number of halogens is 2. The zero-order valence-corrected chi connectivity index (χ0v) is 16.5. The fourth-order valence-electron chi connectivity index (χ4n) is 3.20. The molecule has 1 aromatic heterocycles. The molecule has 0 aliphatic carbocycles. The second-order valence-corrected chi connectivity index (χ2v) is 7.63. The van der Waals surface area contributed by atoms with Gasteiger partial charge in [-0.1, -0.05) is 49.7 Å². The minimum Gasteiger partial charge on any atom is -0.478 e. The number of hydrogen-bond acceptors (Lipinski definition) is 2. The van der Waals surface area contributed by atoms with Gasteiger partial charge in [0.05, 0.1) is 11.3 Å². The van der Waals surface area contributed by atoms with Crippen molar-refractivity contribution in [3.05, 3.63) is 88.0 Å². The number of carboxylic acid groups (broad SMARTS) is 1. The van der Waals surface area contributed by atoms with Gasteiger partial charge in [-0.15, -0.1) is 0 Å². The van der Waals surface area contributed by atoms with Gasteiger partial charge in [0.25, 0.3) is 0 Å². The van der Waals surface area contributed by atoms with E-state index < -0.39 is 5.97 Å². The normalized spacial score (nSPS) is 11.0. The van der Waals surface area contributed by atoms with E-state index in [1.54, 1.807) is 30.3 Å². The van der Waals surface area contributed by atoms with E-state index in [4.69, 9.17) is 16.6 Å². The van der Waals surface area contributed by atoms with Crippen molar-refractivity contribution in [1.29, 1.82) is 0 Å². The van der Waals surface area contributed by atoms with Crippen molar-refractivity contribution in [3.63, 3.8) is 0 Å². The van der Waals surface area contributed by atoms with Crippen LogP contribution in [-0.2, 0) is 12.8 Å². The lowest BCUT2D eigenvalue weighted by Gasteiger charge is -2.16. The Balaban J connectivity index is 2.15. The first-order valence-corrected chi connectivity index (χ1v) is 9.47. The zero-order valence-electron chi connectivity index (χ0n) is 15.7. The van der Waals surface area contributed by atoms with E-state index in [0.717, 1.165) is 16.8 Å². The molecule has 0 bridgehead atoms. The third-order valence-corrected chi connectivity index (χ3v) is 4.64. The van der Waals surface area contributed by atoms with Crippen LogP contribution in [0.2, 0.25) is 5.02 Å². The number of aromatic nitrogens is 1. The zero-order chi connectivity index (χ0) is 20.3. The number of aromatic carboxylic acids is 1. The van der Waals surface area contributed by atoms with Crippen molar-refractivity contribution in [2.75, 3.05) is 0 Å². The van der Waals surface area contributed by atoms with Gasteiger partial charge in [0.15, 0.2) is 0 Å². The summed E-state index contributed by atoms with van der Waals surface area (Å²) in [7, 11) is 0. The van der Waals surface area contributed by atoms with Crippen LogP contribution < -0.4 is 0 Å². The van der Waals surface area contributed by atoms with Crippen molar-refractivity contribution in [2.24, 2.45) is 5.92 Å². The standard InChI is InChI=1S/C23H21ClFNO2/c1-14(2)9-21-19(16-6-4-7-17(24)12-16)13-20(23(27)28)22(26-21)11-15-5-3-8-18(25)10-15/h3-8,10,12-14H,9,11H2,1-2H3,(H,27,28). The molecule has 28 heavy (non-hydrogen) atoms. The van der Waals surface area contributed by atoms with Gasteiger partial charge in [-0.2, -0.15) is 0 Å². The monoisotopic (exact) mass is 397 g/mol. The Kier molecular flexibility index (Phi) is 6.10. The summed E-state index contributed by atoms with van der Waals surface area (Å²) >= 11 is 6.14. The number of pyridine rings is 1. The molecule has 0 radical (unpaired) electrons. The average molecular weight is 398 g/mol. The topological polar surface area (TPSA) is 50.2 Å². The van der Waals surface area contributed by atoms with Crippen LogP contribution in [0.4, 0.5) is 4.39 Å². The lowest BCUT2D eigenvalue weighted by atomic mass is 9.94. The van der Waals surface area contributed by atoms with Crippen molar-refractivity contribution in [3.8, 4) is 11.1 Å². The summed E-state index contributed by atoms with van der Waals surface area (Å²) in [5, 5.41) is 10.3. The number of rotatable bonds is 6. The molecule has 0 aliphatic heterocycles. The van der Waals surface area contributed by atoms with E-state index in [-0.39, 0.29) is 17.8 Å². The van der Waals surface area contributed by atoms with Crippen LogP contribution in [0.3, 0.4) is 0 Å². The van der Waals surface area contributed by atoms with Gasteiger partial charge in [-0.05, 0) is 53.8 Å². The van der Waals surface area contributed by atoms with Crippen molar-refractivity contribution in [2.45, 2.75) is 26.7 Å². The molecule has 2 aromatic carbocycles. The molecule has 0 aliphatic rings. The largest absolute Gasteiger partial charge is 0.478 e. The van der Waals surface area contributed by atoms with E-state index in [9.17, 15) is 14.3 Å². The van der Waals surface area contributed by atoms with E-state index in [1.807, 2.05) is 12.1 Å². The van der Waals surface area contributed by atoms with Gasteiger partial charge in [-0.25, -0.2) is 9.18 Å². The highest BCUT2D eigenvalue weighted by Crippen LogP contribution is 2.30. The molecule has 5 heteroatoms. The van der Waals surface area contributed by atoms with Gasteiger partial charge in [0.1, 0.15) is 5.82 Å². The van der Waals surface area contributed by atoms with E-state index in [2.05, 4.69) is 13.8 Å². The molecule has 0 spiro atoms. The van der Waals surface area contributed by atoms with Gasteiger partial charge >= 0.3 is 5.97 Å². The SMILES string of the molecule is CC(C)Cc1nc(Cc2cccc(F)c2)c(C(=O)O)cc1-c1cccc(Cl)c1. The maximum atomic E-state index is 13.6. The Morgan fingerprint density at radius 2 is 1.86 bits per heavy atom. The molecular weight excluding hydrogens is 377 g/mol. The lowest BCUT2D eigenvalue weighted by Crippen LogP contribution is -2.11. The maximum absolute atomic E-state index is 13.6. The summed E-state index contributed by atoms with van der Waals surface area (Å²) < 4.78 is 13.6. The van der Waals surface area contributed by atoms with Crippen LogP contribution >= 0.6 is 11.6 Å². The summed E-state index contributed by atoms with van der Waals surface area (Å²) in [5.41, 5.74) is 3.63. The van der Waals surface area contributed by atoms with Crippen molar-refractivity contribution >= 4 is 17.6 Å². The van der Waals surface area contributed by atoms with Crippen molar-refractivity contribution < 1.29 is 14.3 Å². The minimum atomic E-state index is -1.06. The van der Waals surface area contributed by atoms with E-state index in [1.165, 1.54) is 12.1 Å². The molecule has 3 rings (SSSR count). The predicted molar refractivity (Wildman–Crippen MR) is 109 cm³/mol. The first-order valence-electron chi connectivity index (χ1n) is 9.10. The van der Waals surface area contributed by atoms with Gasteiger partial charge in [-0.3, -0.25) is 4.98 Å². The smallest absolute Gasteiger partial charge is 0.337 e. The number of carbonyl (C=O) groups is 1. The Morgan fingerprint density at radius 1 is 1.11 bits per heavy atom. The third kappa shape index (κ3) is 4.76. The predicted octanol–water partition coefficient (Wildman–Crippen LogP) is 6.03. The molecule has 1 heterocycles. The molecule has 3 aromatic rings. The van der Waals surface area contributed by atoms with Crippen LogP contribution in [0.25, 0.3) is 11.1 Å². The molecular formula is C23H21ClFNO2. The summed E-state index contributed by atoms with van der Waals surface area (Å²) in [4.78, 5) is 16.6. The molecule has 0 saturated carbocycles. The molecule has 0 unspecified atom stereocenters. The number of carboxylic acids is 1. The molecule has 3 nitrogen and oxygen atoms in total. The maximum Gasteiger partial charge on any atom is 0.337 e. The van der Waals surface area contributed by atoms with E-state index >= 15 is 0 Å². The Hall–Kier alpha value is -2.72. The van der Waals surface area contributed by atoms with Gasteiger partial charge in [0.2, 0.25) is 0 Å². The molecule has 0 fully saturated rings. The average Bonchev–Trinajstić information content (AvgIpc) is 2.61. The molecule has 1 N–H and O–H groups in total. The van der Waals surface area contributed by atoms with E-state index in [0.29, 0.717) is 28.6 Å². The molecule has 0 amide bonds. The van der Waals surface area contributed by atoms with Crippen LogP contribution in [0.15, 0.2) is 54.6 Å². The highest BCUT2D eigenvalue weighted by Gasteiger charge is 2.19. The number of benzene rings is 2. The fourth-order valence-corrected chi connectivity index (χ4v) is 3.39. The van der Waals surface area contributed by atoms with Gasteiger partial charge in [0, 0.05) is 22.7 Å². The summed E-state index contributed by atoms with van der Waals surface area (Å²) in [5.74, 6) is -1.08. The minimum absolute atomic E-state index is 0.117. The molecule has 0 saturated heterocycles. The molecule has 0 atom stereocenters. The Morgan fingerprint density at radius 3 is 2.50 bits per heavy atom. The van der Waals surface area contributed by atoms with Crippen LogP contribution in [-0.4, -0.2) is 16.1 Å².